The molecule has 1 atom stereocenters. The van der Waals surface area contributed by atoms with Crippen LogP contribution in [-0.2, 0) is 4.79 Å². The maximum atomic E-state index is 11.9. The molecule has 0 spiro atoms. The van der Waals surface area contributed by atoms with Gasteiger partial charge >= 0.3 is 0 Å². The molecule has 0 aliphatic heterocycles. The molecule has 0 saturated heterocycles. The van der Waals surface area contributed by atoms with Crippen molar-refractivity contribution >= 4 is 27.5 Å². The van der Waals surface area contributed by atoms with E-state index in [0.717, 1.165) is 11.3 Å². The SMILES string of the molecule is CC(C)C(Br)C(=O)Nc1ccc(-c2cc(=O)[nH][nH]2)cc1. The third kappa shape index (κ3) is 3.39. The van der Waals surface area contributed by atoms with E-state index < -0.39 is 0 Å². The van der Waals surface area contributed by atoms with Crippen molar-refractivity contribution in [3.63, 3.8) is 0 Å². The minimum atomic E-state index is -0.219. The molecular weight excluding hydrogens is 322 g/mol. The van der Waals surface area contributed by atoms with Gasteiger partial charge in [0, 0.05) is 11.8 Å². The van der Waals surface area contributed by atoms with E-state index in [4.69, 9.17) is 0 Å². The Kier molecular flexibility index (Phi) is 4.44. The van der Waals surface area contributed by atoms with E-state index in [1.54, 1.807) is 12.1 Å². The molecule has 0 fully saturated rings. The van der Waals surface area contributed by atoms with Gasteiger partial charge in [-0.25, -0.2) is 0 Å². The van der Waals surface area contributed by atoms with E-state index in [-0.39, 0.29) is 22.2 Å². The molecule has 1 aromatic carbocycles. The molecule has 0 saturated carbocycles. The van der Waals surface area contributed by atoms with Crippen molar-refractivity contribution in [2.75, 3.05) is 5.32 Å². The van der Waals surface area contributed by atoms with E-state index in [1.807, 2.05) is 26.0 Å². The Morgan fingerprint density at radius 2 is 1.85 bits per heavy atom. The second-order valence-electron chi connectivity index (χ2n) is 4.88. The van der Waals surface area contributed by atoms with Crippen LogP contribution in [0.25, 0.3) is 11.3 Å². The average molecular weight is 338 g/mol. The summed E-state index contributed by atoms with van der Waals surface area (Å²) in [4.78, 5) is 22.7. The van der Waals surface area contributed by atoms with Crippen molar-refractivity contribution in [3.05, 3.63) is 40.7 Å². The number of halogens is 1. The number of aromatic nitrogens is 2. The van der Waals surface area contributed by atoms with Gasteiger partial charge in [-0.1, -0.05) is 41.9 Å². The van der Waals surface area contributed by atoms with Crippen molar-refractivity contribution in [3.8, 4) is 11.3 Å². The molecule has 0 bridgehead atoms. The zero-order valence-electron chi connectivity index (χ0n) is 11.2. The number of hydrogen-bond donors (Lipinski definition) is 3. The number of alkyl halides is 1. The molecule has 1 unspecified atom stereocenters. The summed E-state index contributed by atoms with van der Waals surface area (Å²) in [6, 6.07) is 8.78. The first kappa shape index (κ1) is 14.6. The topological polar surface area (TPSA) is 77.8 Å². The largest absolute Gasteiger partial charge is 0.325 e. The molecule has 2 rings (SSSR count). The highest BCUT2D eigenvalue weighted by atomic mass is 79.9. The van der Waals surface area contributed by atoms with E-state index >= 15 is 0 Å². The fraction of sp³-hybridized carbons (Fsp3) is 0.286. The summed E-state index contributed by atoms with van der Waals surface area (Å²) in [6.45, 7) is 3.95. The Morgan fingerprint density at radius 1 is 1.20 bits per heavy atom. The van der Waals surface area contributed by atoms with Crippen molar-refractivity contribution < 1.29 is 4.79 Å². The number of benzene rings is 1. The number of hydrogen-bond acceptors (Lipinski definition) is 2. The fourth-order valence-electron chi connectivity index (χ4n) is 1.73. The third-order valence-corrected chi connectivity index (χ3v) is 4.37. The molecule has 0 aliphatic carbocycles. The predicted molar refractivity (Wildman–Crippen MR) is 83.0 cm³/mol. The van der Waals surface area contributed by atoms with Gasteiger partial charge in [-0.15, -0.1) is 0 Å². The van der Waals surface area contributed by atoms with Crippen LogP contribution in [0.1, 0.15) is 13.8 Å². The summed E-state index contributed by atoms with van der Waals surface area (Å²) in [5.74, 6) is 0.155. The molecular formula is C14H16BrN3O2. The molecule has 2 aromatic rings. The molecule has 1 heterocycles. The summed E-state index contributed by atoms with van der Waals surface area (Å²) in [5.41, 5.74) is 2.15. The lowest BCUT2D eigenvalue weighted by Gasteiger charge is -2.13. The second-order valence-corrected chi connectivity index (χ2v) is 5.87. The van der Waals surface area contributed by atoms with E-state index in [2.05, 4.69) is 31.4 Å². The molecule has 6 heteroatoms. The number of nitrogens with one attached hydrogen (secondary N) is 3. The quantitative estimate of drug-likeness (QED) is 0.750. The molecule has 1 amide bonds. The van der Waals surface area contributed by atoms with Crippen LogP contribution in [0.4, 0.5) is 5.69 Å². The highest BCUT2D eigenvalue weighted by molar-refractivity contribution is 9.10. The average Bonchev–Trinajstić information content (AvgIpc) is 2.85. The van der Waals surface area contributed by atoms with Crippen LogP contribution in [-0.4, -0.2) is 20.9 Å². The summed E-state index contributed by atoms with van der Waals surface area (Å²) in [6.07, 6.45) is 0. The summed E-state index contributed by atoms with van der Waals surface area (Å²) in [7, 11) is 0. The van der Waals surface area contributed by atoms with E-state index in [1.165, 1.54) is 6.07 Å². The number of carbonyl (C=O) groups excluding carboxylic acids is 1. The van der Waals surface area contributed by atoms with Crippen molar-refractivity contribution in [2.45, 2.75) is 18.7 Å². The molecule has 20 heavy (non-hydrogen) atoms. The van der Waals surface area contributed by atoms with Crippen LogP contribution >= 0.6 is 15.9 Å². The Labute approximate surface area is 124 Å². The number of H-pyrrole nitrogens is 2. The van der Waals surface area contributed by atoms with Gasteiger partial charge < -0.3 is 5.32 Å². The zero-order valence-corrected chi connectivity index (χ0v) is 12.8. The van der Waals surface area contributed by atoms with Crippen LogP contribution < -0.4 is 10.9 Å². The van der Waals surface area contributed by atoms with Crippen molar-refractivity contribution in [1.82, 2.24) is 10.2 Å². The van der Waals surface area contributed by atoms with E-state index in [0.29, 0.717) is 5.69 Å². The van der Waals surface area contributed by atoms with Crippen molar-refractivity contribution in [1.29, 1.82) is 0 Å². The fourth-order valence-corrected chi connectivity index (χ4v) is 1.85. The monoisotopic (exact) mass is 337 g/mol. The van der Waals surface area contributed by atoms with E-state index in [9.17, 15) is 9.59 Å². The Balaban J connectivity index is 2.09. The standard InChI is InChI=1S/C14H16BrN3O2/c1-8(2)13(15)14(20)16-10-5-3-9(4-6-10)11-7-12(19)18-17-11/h3-8,13H,1-2H3,(H,16,20)(H2,17,18,19). The number of rotatable bonds is 4. The lowest BCUT2D eigenvalue weighted by atomic mass is 10.1. The van der Waals surface area contributed by atoms with Gasteiger partial charge in [0.15, 0.2) is 0 Å². The number of carbonyl (C=O) groups is 1. The van der Waals surface area contributed by atoms with Gasteiger partial charge in [0.05, 0.1) is 10.5 Å². The van der Waals surface area contributed by atoms with Gasteiger partial charge in [-0.2, -0.15) is 0 Å². The number of aromatic amines is 2. The molecule has 3 N–H and O–H groups in total. The molecule has 0 aliphatic rings. The van der Waals surface area contributed by atoms with Crippen LogP contribution in [0.2, 0.25) is 0 Å². The smallest absolute Gasteiger partial charge is 0.264 e. The van der Waals surface area contributed by atoms with Crippen LogP contribution in [0.5, 0.6) is 0 Å². The van der Waals surface area contributed by atoms with Crippen molar-refractivity contribution in [2.24, 2.45) is 5.92 Å². The zero-order chi connectivity index (χ0) is 14.7. The third-order valence-electron chi connectivity index (χ3n) is 2.90. The summed E-state index contributed by atoms with van der Waals surface area (Å²) in [5, 5.41) is 8.11. The van der Waals surface area contributed by atoms with Crippen LogP contribution in [0.3, 0.4) is 0 Å². The minimum Gasteiger partial charge on any atom is -0.325 e. The van der Waals surface area contributed by atoms with Crippen LogP contribution in [0.15, 0.2) is 35.1 Å². The van der Waals surface area contributed by atoms with Gasteiger partial charge in [0.1, 0.15) is 0 Å². The number of anilines is 1. The van der Waals surface area contributed by atoms with Gasteiger partial charge in [-0.3, -0.25) is 19.8 Å². The normalized spacial score (nSPS) is 12.4. The highest BCUT2D eigenvalue weighted by Gasteiger charge is 2.18. The van der Waals surface area contributed by atoms with Gasteiger partial charge in [0.2, 0.25) is 5.91 Å². The molecule has 0 radical (unpaired) electrons. The first-order valence-electron chi connectivity index (χ1n) is 6.30. The molecule has 106 valence electrons. The predicted octanol–water partition coefficient (Wildman–Crippen LogP) is 2.73. The molecule has 5 nitrogen and oxygen atoms in total. The minimum absolute atomic E-state index is 0.0669. The van der Waals surface area contributed by atoms with Crippen LogP contribution in [0, 0.1) is 5.92 Å². The maximum absolute atomic E-state index is 11.9. The van der Waals surface area contributed by atoms with Gasteiger partial charge in [-0.05, 0) is 23.6 Å². The lowest BCUT2D eigenvalue weighted by molar-refractivity contribution is -0.116. The molecule has 1 aromatic heterocycles. The Morgan fingerprint density at radius 3 is 2.35 bits per heavy atom. The Hall–Kier alpha value is -1.82. The Bertz CT molecular complexity index is 643. The first-order valence-corrected chi connectivity index (χ1v) is 7.22. The maximum Gasteiger partial charge on any atom is 0.264 e. The lowest BCUT2D eigenvalue weighted by Crippen LogP contribution is -2.26. The number of amides is 1. The summed E-state index contributed by atoms with van der Waals surface area (Å²) >= 11 is 3.36. The summed E-state index contributed by atoms with van der Waals surface area (Å²) < 4.78 is 0. The van der Waals surface area contributed by atoms with Gasteiger partial charge in [0.25, 0.3) is 5.56 Å². The highest BCUT2D eigenvalue weighted by Crippen LogP contribution is 2.19. The first-order chi connectivity index (χ1) is 9.47. The second kappa shape index (κ2) is 6.09.